The molecule has 0 fully saturated rings. The van der Waals surface area contributed by atoms with Crippen LogP contribution in [0.4, 0.5) is 0 Å². The molecule has 0 aliphatic carbocycles. The summed E-state index contributed by atoms with van der Waals surface area (Å²) in [5.74, 6) is 0. The second-order valence-electron chi connectivity index (χ2n) is 2.27. The number of unbranched alkanes of at least 4 members (excludes halogenated alkanes) is 3. The van der Waals surface area contributed by atoms with Crippen LogP contribution in [-0.2, 0) is 0 Å². The van der Waals surface area contributed by atoms with E-state index < -0.39 is 0 Å². The van der Waals surface area contributed by atoms with Crippen molar-refractivity contribution in [2.75, 3.05) is 0 Å². The van der Waals surface area contributed by atoms with E-state index in [0.717, 1.165) is 12.7 Å². The van der Waals surface area contributed by atoms with Gasteiger partial charge in [-0.2, -0.15) is 0 Å². The summed E-state index contributed by atoms with van der Waals surface area (Å²) in [7, 11) is 0. The molecule has 0 aliphatic heterocycles. The van der Waals surface area contributed by atoms with Crippen molar-refractivity contribution in [3.8, 4) is 0 Å². The summed E-state index contributed by atoms with van der Waals surface area (Å²) in [4.78, 5) is 0. The van der Waals surface area contributed by atoms with Crippen LogP contribution in [0.25, 0.3) is 0 Å². The van der Waals surface area contributed by atoms with Gasteiger partial charge in [-0.3, -0.25) is 0 Å². The predicted molar refractivity (Wildman–Crippen MR) is 45.1 cm³/mol. The van der Waals surface area contributed by atoms with Gasteiger partial charge in [0, 0.05) is 0 Å². The topological polar surface area (TPSA) is 20.2 Å². The first-order valence-electron chi connectivity index (χ1n) is 3.87. The summed E-state index contributed by atoms with van der Waals surface area (Å²) < 4.78 is 0. The van der Waals surface area contributed by atoms with E-state index in [1.54, 1.807) is 6.08 Å². The number of allylic oxidation sites excluding steroid dienone is 3. The monoisotopic (exact) mass is 140 g/mol. The number of hydrogen-bond donors (Lipinski definition) is 1. The van der Waals surface area contributed by atoms with Crippen molar-refractivity contribution in [2.45, 2.75) is 32.6 Å². The Balaban J connectivity index is 3.02. The zero-order valence-corrected chi connectivity index (χ0v) is 6.59. The van der Waals surface area contributed by atoms with Gasteiger partial charge >= 0.3 is 0 Å². The molecule has 0 heterocycles. The van der Waals surface area contributed by atoms with Crippen molar-refractivity contribution in [2.24, 2.45) is 0 Å². The Morgan fingerprint density at radius 1 is 1.20 bits per heavy atom. The van der Waals surface area contributed by atoms with Crippen molar-refractivity contribution in [3.63, 3.8) is 0 Å². The molecule has 1 nitrogen and oxygen atoms in total. The Kier molecular flexibility index (Phi) is 7.68. The van der Waals surface area contributed by atoms with Crippen LogP contribution in [-0.4, -0.2) is 5.11 Å². The summed E-state index contributed by atoms with van der Waals surface area (Å²) in [6.07, 6.45) is 11.6. The van der Waals surface area contributed by atoms with E-state index in [1.165, 1.54) is 19.3 Å². The minimum Gasteiger partial charge on any atom is -0.516 e. The van der Waals surface area contributed by atoms with Crippen LogP contribution in [0.15, 0.2) is 24.5 Å². The maximum Gasteiger partial charge on any atom is 0.0791 e. The number of aliphatic hydroxyl groups is 1. The third kappa shape index (κ3) is 7.28. The van der Waals surface area contributed by atoms with E-state index in [2.05, 4.69) is 13.0 Å². The summed E-state index contributed by atoms with van der Waals surface area (Å²) in [5, 5.41) is 8.24. The van der Waals surface area contributed by atoms with Gasteiger partial charge in [0.2, 0.25) is 0 Å². The third-order valence-electron chi connectivity index (χ3n) is 1.31. The first-order valence-corrected chi connectivity index (χ1v) is 3.87. The van der Waals surface area contributed by atoms with Gasteiger partial charge in [0.05, 0.1) is 6.26 Å². The molecule has 0 saturated heterocycles. The molecule has 0 aliphatic rings. The zero-order valence-electron chi connectivity index (χ0n) is 6.59. The average molecular weight is 140 g/mol. The van der Waals surface area contributed by atoms with Gasteiger partial charge in [-0.1, -0.05) is 31.9 Å². The SMILES string of the molecule is CCCCCC=C/C=C\O. The lowest BCUT2D eigenvalue weighted by molar-refractivity contribution is 0.473. The van der Waals surface area contributed by atoms with Crippen LogP contribution in [0, 0.1) is 0 Å². The molecule has 0 radical (unpaired) electrons. The van der Waals surface area contributed by atoms with Gasteiger partial charge in [-0.15, -0.1) is 0 Å². The van der Waals surface area contributed by atoms with Crippen LogP contribution in [0.1, 0.15) is 32.6 Å². The molecule has 0 bridgehead atoms. The zero-order chi connectivity index (χ0) is 7.66. The second kappa shape index (κ2) is 8.28. The van der Waals surface area contributed by atoms with Crippen LogP contribution >= 0.6 is 0 Å². The predicted octanol–water partition coefficient (Wildman–Crippen LogP) is 3.19. The largest absolute Gasteiger partial charge is 0.516 e. The van der Waals surface area contributed by atoms with E-state index in [4.69, 9.17) is 5.11 Å². The molecule has 1 heteroatoms. The molecule has 10 heavy (non-hydrogen) atoms. The van der Waals surface area contributed by atoms with Crippen LogP contribution < -0.4 is 0 Å². The lowest BCUT2D eigenvalue weighted by atomic mass is 10.2. The Labute approximate surface area is 63.1 Å². The normalized spacial score (nSPS) is 11.7. The maximum absolute atomic E-state index is 8.24. The molecule has 0 spiro atoms. The second-order valence-corrected chi connectivity index (χ2v) is 2.27. The molecule has 0 amide bonds. The Bertz CT molecular complexity index is 103. The summed E-state index contributed by atoms with van der Waals surface area (Å²) >= 11 is 0. The van der Waals surface area contributed by atoms with Crippen molar-refractivity contribution in [3.05, 3.63) is 24.5 Å². The summed E-state index contributed by atoms with van der Waals surface area (Å²) in [5.41, 5.74) is 0. The van der Waals surface area contributed by atoms with Gasteiger partial charge in [0.1, 0.15) is 0 Å². The molecule has 0 aromatic heterocycles. The fourth-order valence-corrected chi connectivity index (χ4v) is 0.737. The molecule has 0 atom stereocenters. The quantitative estimate of drug-likeness (QED) is 0.353. The van der Waals surface area contributed by atoms with Gasteiger partial charge in [-0.05, 0) is 18.9 Å². The maximum atomic E-state index is 8.24. The Morgan fingerprint density at radius 2 is 2.00 bits per heavy atom. The molecule has 0 aromatic carbocycles. The lowest BCUT2D eigenvalue weighted by Crippen LogP contribution is -1.69. The number of aliphatic hydroxyl groups excluding tert-OH is 1. The highest BCUT2D eigenvalue weighted by Crippen LogP contribution is 1.99. The smallest absolute Gasteiger partial charge is 0.0791 e. The molecule has 0 unspecified atom stereocenters. The van der Waals surface area contributed by atoms with Crippen LogP contribution in [0.5, 0.6) is 0 Å². The highest BCUT2D eigenvalue weighted by atomic mass is 16.2. The number of rotatable bonds is 5. The number of hydrogen-bond acceptors (Lipinski definition) is 1. The van der Waals surface area contributed by atoms with Crippen LogP contribution in [0.2, 0.25) is 0 Å². The highest BCUT2D eigenvalue weighted by molar-refractivity contribution is 4.98. The van der Waals surface area contributed by atoms with E-state index in [1.807, 2.05) is 6.08 Å². The first-order chi connectivity index (χ1) is 4.91. The van der Waals surface area contributed by atoms with Crippen molar-refractivity contribution in [1.82, 2.24) is 0 Å². The van der Waals surface area contributed by atoms with Crippen molar-refractivity contribution >= 4 is 0 Å². The van der Waals surface area contributed by atoms with Gasteiger partial charge in [0.25, 0.3) is 0 Å². The highest BCUT2D eigenvalue weighted by Gasteiger charge is 1.79. The summed E-state index contributed by atoms with van der Waals surface area (Å²) in [6, 6.07) is 0. The molecular weight excluding hydrogens is 124 g/mol. The molecule has 0 aromatic rings. The van der Waals surface area contributed by atoms with E-state index in [0.29, 0.717) is 0 Å². The molecule has 1 N–H and O–H groups in total. The summed E-state index contributed by atoms with van der Waals surface area (Å²) in [6.45, 7) is 2.19. The minimum absolute atomic E-state index is 1.05. The molecule has 0 saturated carbocycles. The van der Waals surface area contributed by atoms with Gasteiger partial charge in [-0.25, -0.2) is 0 Å². The lowest BCUT2D eigenvalue weighted by Gasteiger charge is -1.89. The Hall–Kier alpha value is -0.720. The fraction of sp³-hybridized carbons (Fsp3) is 0.556. The third-order valence-corrected chi connectivity index (χ3v) is 1.31. The van der Waals surface area contributed by atoms with E-state index >= 15 is 0 Å². The average Bonchev–Trinajstić information content (AvgIpc) is 1.97. The van der Waals surface area contributed by atoms with E-state index in [-0.39, 0.29) is 0 Å². The van der Waals surface area contributed by atoms with E-state index in [9.17, 15) is 0 Å². The van der Waals surface area contributed by atoms with Crippen LogP contribution in [0.3, 0.4) is 0 Å². The standard InChI is InChI=1S/C9H16O/c1-2-3-4-5-6-7-8-9-10/h6-10H,2-5H2,1H3/b7-6?,9-8-. The molecular formula is C9H16O. The van der Waals surface area contributed by atoms with Gasteiger partial charge < -0.3 is 5.11 Å². The van der Waals surface area contributed by atoms with Crippen molar-refractivity contribution in [1.29, 1.82) is 0 Å². The van der Waals surface area contributed by atoms with Crippen molar-refractivity contribution < 1.29 is 5.11 Å². The van der Waals surface area contributed by atoms with Gasteiger partial charge in [0.15, 0.2) is 0 Å². The fourth-order valence-electron chi connectivity index (χ4n) is 0.737. The molecule has 0 rings (SSSR count). The minimum atomic E-state index is 1.05. The first kappa shape index (κ1) is 9.28. The Morgan fingerprint density at radius 3 is 2.60 bits per heavy atom. The molecule has 58 valence electrons.